The van der Waals surface area contributed by atoms with Gasteiger partial charge in [-0.3, -0.25) is 0 Å². The predicted octanol–water partition coefficient (Wildman–Crippen LogP) is 9.32. The maximum absolute atomic E-state index is 15.9. The minimum atomic E-state index is -2.66. The van der Waals surface area contributed by atoms with Crippen LogP contribution in [0.5, 0.6) is 0 Å². The summed E-state index contributed by atoms with van der Waals surface area (Å²) in [4.78, 5) is 27.1. The van der Waals surface area contributed by atoms with Gasteiger partial charge < -0.3 is 9.47 Å². The Hall–Kier alpha value is -5.66. The van der Waals surface area contributed by atoms with Crippen molar-refractivity contribution in [3.05, 3.63) is 130 Å². The first-order chi connectivity index (χ1) is 22.8. The number of rotatable bonds is 6. The van der Waals surface area contributed by atoms with E-state index in [0.717, 1.165) is 38.5 Å². The molecular weight excluding hydrogens is 662 g/mol. The summed E-state index contributed by atoms with van der Waals surface area (Å²) < 4.78 is 161. The largest absolute Gasteiger partial charge is 0.465 e. The molecule has 0 saturated carbocycles. The SMILES string of the molecule is COC(=O)c1c(C(=O)OC)c(-c2ccccc2)c(-c2c(F)c(F)c(F)c(F)c2F)c(-c2c(F)c(F)c(F)c(F)c2F)c1-c1ccccc1. The van der Waals surface area contributed by atoms with Crippen LogP contribution in [-0.4, -0.2) is 26.2 Å². The molecule has 0 aliphatic heterocycles. The van der Waals surface area contributed by atoms with Crippen molar-refractivity contribution in [1.29, 1.82) is 0 Å². The topological polar surface area (TPSA) is 52.6 Å². The predicted molar refractivity (Wildman–Crippen MR) is 150 cm³/mol. The number of hydrogen-bond donors (Lipinski definition) is 0. The molecule has 0 unspecified atom stereocenters. The van der Waals surface area contributed by atoms with Gasteiger partial charge in [0.05, 0.1) is 36.5 Å². The molecule has 14 heteroatoms. The molecule has 5 aromatic rings. The van der Waals surface area contributed by atoms with Gasteiger partial charge in [0, 0.05) is 22.3 Å². The maximum atomic E-state index is 15.9. The molecule has 0 bridgehead atoms. The van der Waals surface area contributed by atoms with Crippen LogP contribution in [0.3, 0.4) is 0 Å². The standard InChI is InChI=1S/C34H16F10O4/c1-47-33(45)19-15(13-9-5-3-6-10-13)17(21-23(35)27(39)31(43)28(40)24(21)36)18(22-25(37)29(41)32(44)30(42)26(22)38)16(20(19)34(46)48-2)14-11-7-4-8-12-14/h3-12H,1-2H3. The van der Waals surface area contributed by atoms with E-state index >= 15 is 17.6 Å². The van der Waals surface area contributed by atoms with E-state index in [4.69, 9.17) is 9.47 Å². The molecule has 0 radical (unpaired) electrons. The van der Waals surface area contributed by atoms with E-state index in [1.807, 2.05) is 0 Å². The molecular formula is C34H16F10O4. The highest BCUT2D eigenvalue weighted by molar-refractivity contribution is 6.19. The van der Waals surface area contributed by atoms with Gasteiger partial charge in [-0.1, -0.05) is 60.7 Å². The molecule has 5 rings (SSSR count). The molecule has 0 N–H and O–H groups in total. The quantitative estimate of drug-likeness (QED) is 0.0778. The van der Waals surface area contributed by atoms with Crippen LogP contribution >= 0.6 is 0 Å². The number of halogens is 10. The van der Waals surface area contributed by atoms with Gasteiger partial charge in [-0.25, -0.2) is 53.5 Å². The van der Waals surface area contributed by atoms with Gasteiger partial charge in [-0.15, -0.1) is 0 Å². The molecule has 48 heavy (non-hydrogen) atoms. The Bertz CT molecular complexity index is 1930. The van der Waals surface area contributed by atoms with Crippen LogP contribution in [0, 0.1) is 58.2 Å². The van der Waals surface area contributed by atoms with Gasteiger partial charge in [0.2, 0.25) is 11.6 Å². The molecule has 0 aliphatic carbocycles. The second-order valence-electron chi connectivity index (χ2n) is 9.86. The number of hydrogen-bond acceptors (Lipinski definition) is 4. The molecule has 0 fully saturated rings. The summed E-state index contributed by atoms with van der Waals surface area (Å²) in [6.07, 6.45) is 0. The van der Waals surface area contributed by atoms with E-state index in [1.165, 1.54) is 36.4 Å². The molecule has 0 spiro atoms. The van der Waals surface area contributed by atoms with Crippen molar-refractivity contribution in [2.45, 2.75) is 0 Å². The first-order valence-electron chi connectivity index (χ1n) is 13.3. The number of carbonyl (C=O) groups excluding carboxylic acids is 2. The van der Waals surface area contributed by atoms with Gasteiger partial charge in [0.1, 0.15) is 0 Å². The van der Waals surface area contributed by atoms with Crippen molar-refractivity contribution >= 4 is 11.9 Å². The Morgan fingerprint density at radius 1 is 0.375 bits per heavy atom. The van der Waals surface area contributed by atoms with E-state index in [0.29, 0.717) is 0 Å². The third-order valence-electron chi connectivity index (χ3n) is 7.32. The molecule has 0 atom stereocenters. The van der Waals surface area contributed by atoms with Crippen LogP contribution < -0.4 is 0 Å². The number of benzene rings is 5. The monoisotopic (exact) mass is 678 g/mol. The summed E-state index contributed by atoms with van der Waals surface area (Å²) in [7, 11) is 1.58. The van der Waals surface area contributed by atoms with Crippen molar-refractivity contribution in [2.24, 2.45) is 0 Å². The van der Waals surface area contributed by atoms with Crippen LogP contribution in [0.1, 0.15) is 20.7 Å². The lowest BCUT2D eigenvalue weighted by Crippen LogP contribution is -2.19. The molecule has 0 saturated heterocycles. The van der Waals surface area contributed by atoms with Crippen molar-refractivity contribution in [3.8, 4) is 44.5 Å². The summed E-state index contributed by atoms with van der Waals surface area (Å²) in [5.41, 5.74) is -11.4. The second kappa shape index (κ2) is 12.9. The van der Waals surface area contributed by atoms with Crippen molar-refractivity contribution < 1.29 is 63.0 Å². The van der Waals surface area contributed by atoms with Gasteiger partial charge in [0.15, 0.2) is 46.5 Å². The normalized spacial score (nSPS) is 11.1. The van der Waals surface area contributed by atoms with E-state index in [9.17, 15) is 35.9 Å². The molecule has 0 aliphatic rings. The van der Waals surface area contributed by atoms with Crippen LogP contribution in [-0.2, 0) is 9.47 Å². The molecule has 4 nitrogen and oxygen atoms in total. The Balaban J connectivity index is 2.33. The van der Waals surface area contributed by atoms with Gasteiger partial charge in [-0.2, -0.15) is 0 Å². The fourth-order valence-corrected chi connectivity index (χ4v) is 5.30. The van der Waals surface area contributed by atoms with Crippen LogP contribution in [0.2, 0.25) is 0 Å². The van der Waals surface area contributed by atoms with E-state index in [-0.39, 0.29) is 11.1 Å². The first-order valence-corrected chi connectivity index (χ1v) is 13.3. The Morgan fingerprint density at radius 2 is 0.625 bits per heavy atom. The molecule has 0 heterocycles. The lowest BCUT2D eigenvalue weighted by Gasteiger charge is -2.27. The highest BCUT2D eigenvalue weighted by atomic mass is 19.2. The minimum Gasteiger partial charge on any atom is -0.465 e. The fourth-order valence-electron chi connectivity index (χ4n) is 5.30. The van der Waals surface area contributed by atoms with E-state index in [2.05, 4.69) is 0 Å². The average molecular weight is 678 g/mol. The molecule has 5 aromatic carbocycles. The van der Waals surface area contributed by atoms with Crippen LogP contribution in [0.25, 0.3) is 44.5 Å². The maximum Gasteiger partial charge on any atom is 0.339 e. The third kappa shape index (κ3) is 5.13. The highest BCUT2D eigenvalue weighted by Gasteiger charge is 2.40. The lowest BCUT2D eigenvalue weighted by molar-refractivity contribution is 0.0556. The van der Waals surface area contributed by atoms with E-state index in [1.54, 1.807) is 0 Å². The lowest BCUT2D eigenvalue weighted by atomic mass is 9.76. The van der Waals surface area contributed by atoms with Gasteiger partial charge in [-0.05, 0) is 11.1 Å². The summed E-state index contributed by atoms with van der Waals surface area (Å²) in [5, 5.41) is 0. The van der Waals surface area contributed by atoms with Crippen molar-refractivity contribution in [3.63, 3.8) is 0 Å². The third-order valence-corrected chi connectivity index (χ3v) is 7.32. The summed E-state index contributed by atoms with van der Waals surface area (Å²) >= 11 is 0. The molecule has 246 valence electrons. The minimum absolute atomic E-state index is 0.369. The van der Waals surface area contributed by atoms with Gasteiger partial charge >= 0.3 is 11.9 Å². The smallest absolute Gasteiger partial charge is 0.339 e. The summed E-state index contributed by atoms with van der Waals surface area (Å²) in [6, 6.07) is 12.2. The molecule has 0 amide bonds. The van der Waals surface area contributed by atoms with Crippen molar-refractivity contribution in [2.75, 3.05) is 14.2 Å². The van der Waals surface area contributed by atoms with Gasteiger partial charge in [0.25, 0.3) is 0 Å². The number of ether oxygens (including phenoxy) is 2. The second-order valence-corrected chi connectivity index (χ2v) is 9.86. The zero-order chi connectivity index (χ0) is 35.2. The summed E-state index contributed by atoms with van der Waals surface area (Å²) in [5.74, 6) is -29.0. The first kappa shape index (κ1) is 33.7. The number of methoxy groups -OCH3 is 2. The number of carbonyl (C=O) groups is 2. The molecule has 0 aromatic heterocycles. The Labute approximate surface area is 263 Å². The van der Waals surface area contributed by atoms with Crippen molar-refractivity contribution in [1.82, 2.24) is 0 Å². The average Bonchev–Trinajstić information content (AvgIpc) is 3.11. The van der Waals surface area contributed by atoms with E-state index < -0.39 is 115 Å². The van der Waals surface area contributed by atoms with Crippen LogP contribution in [0.4, 0.5) is 43.9 Å². The number of esters is 2. The Morgan fingerprint density at radius 3 is 0.875 bits per heavy atom. The zero-order valence-corrected chi connectivity index (χ0v) is 24.2. The Kier molecular flexibility index (Phi) is 9.02. The highest BCUT2D eigenvalue weighted by Crippen LogP contribution is 2.53. The zero-order valence-electron chi connectivity index (χ0n) is 24.2. The fraction of sp³-hybridized carbons (Fsp3) is 0.0588. The van der Waals surface area contributed by atoms with Crippen LogP contribution in [0.15, 0.2) is 60.7 Å². The summed E-state index contributed by atoms with van der Waals surface area (Å²) in [6.45, 7) is 0.